The van der Waals surface area contributed by atoms with Gasteiger partial charge in [0, 0.05) is 23.4 Å². The maximum atomic E-state index is 14.0. The highest BCUT2D eigenvalue weighted by Gasteiger charge is 2.14. The third kappa shape index (κ3) is 4.26. The molecule has 0 unspecified atom stereocenters. The molecule has 0 heterocycles. The second-order valence-corrected chi connectivity index (χ2v) is 8.26. The van der Waals surface area contributed by atoms with E-state index in [1.54, 1.807) is 18.2 Å². The summed E-state index contributed by atoms with van der Waals surface area (Å²) in [6.45, 7) is 1.41. The van der Waals surface area contributed by atoms with Crippen LogP contribution >= 0.6 is 0 Å². The summed E-state index contributed by atoms with van der Waals surface area (Å²) in [6.07, 6.45) is 1.10. The molecule has 0 aliphatic carbocycles. The predicted molar refractivity (Wildman–Crippen MR) is 101 cm³/mol. The zero-order chi connectivity index (χ0) is 20.5. The molecule has 0 aromatic heterocycles. The lowest BCUT2D eigenvalue weighted by Gasteiger charge is -2.14. The van der Waals surface area contributed by atoms with E-state index in [0.29, 0.717) is 22.8 Å². The average Bonchev–Trinajstić information content (AvgIpc) is 2.63. The number of carbonyl (C=O) groups excluding carboxylic acids is 1. The van der Waals surface area contributed by atoms with Gasteiger partial charge in [0.05, 0.1) is 4.90 Å². The van der Waals surface area contributed by atoms with Crippen molar-refractivity contribution in [3.05, 3.63) is 77.9 Å². The van der Waals surface area contributed by atoms with Gasteiger partial charge in [-0.2, -0.15) is 0 Å². The van der Waals surface area contributed by atoms with E-state index in [-0.39, 0.29) is 22.2 Å². The molecule has 0 atom stereocenters. The van der Waals surface area contributed by atoms with Gasteiger partial charge in [-0.05, 0) is 55.0 Å². The normalized spacial score (nSPS) is 11.3. The summed E-state index contributed by atoms with van der Waals surface area (Å²) in [6, 6.07) is 13.6. The molecular formula is C21H16F2O4S. The number of carbonyl (C=O) groups is 1. The number of sulfone groups is 1. The summed E-state index contributed by atoms with van der Waals surface area (Å²) in [5.74, 6) is -1.70. The third-order valence-corrected chi connectivity index (χ3v) is 5.22. The molecule has 0 amide bonds. The molecule has 0 aliphatic rings. The highest BCUT2D eigenvalue weighted by atomic mass is 32.2. The summed E-state index contributed by atoms with van der Waals surface area (Å²) in [4.78, 5) is 11.9. The Morgan fingerprint density at radius 2 is 1.54 bits per heavy atom. The van der Waals surface area contributed by atoms with E-state index >= 15 is 0 Å². The van der Waals surface area contributed by atoms with Crippen molar-refractivity contribution >= 4 is 15.6 Å². The Balaban J connectivity index is 2.09. The van der Waals surface area contributed by atoms with Crippen LogP contribution in [-0.2, 0) is 9.84 Å². The summed E-state index contributed by atoms with van der Waals surface area (Å²) in [5, 5.41) is 0. The molecule has 3 aromatic carbocycles. The summed E-state index contributed by atoms with van der Waals surface area (Å²) < 4.78 is 56.0. The van der Waals surface area contributed by atoms with Gasteiger partial charge in [0.15, 0.2) is 27.2 Å². The largest absolute Gasteiger partial charge is 0.454 e. The van der Waals surface area contributed by atoms with Crippen LogP contribution in [0.4, 0.5) is 8.78 Å². The maximum absolute atomic E-state index is 14.0. The Labute approximate surface area is 161 Å². The fourth-order valence-corrected chi connectivity index (χ4v) is 3.25. The van der Waals surface area contributed by atoms with Crippen molar-refractivity contribution in [3.63, 3.8) is 0 Å². The van der Waals surface area contributed by atoms with Crippen LogP contribution in [0.15, 0.2) is 65.6 Å². The monoisotopic (exact) mass is 402 g/mol. The number of hydrogen-bond donors (Lipinski definition) is 0. The van der Waals surface area contributed by atoms with E-state index in [4.69, 9.17) is 4.74 Å². The number of hydrogen-bond acceptors (Lipinski definition) is 4. The number of halogens is 2. The third-order valence-electron chi connectivity index (χ3n) is 4.09. The average molecular weight is 402 g/mol. The molecule has 0 bridgehead atoms. The topological polar surface area (TPSA) is 60.4 Å². The van der Waals surface area contributed by atoms with E-state index in [1.807, 2.05) is 0 Å². The highest BCUT2D eigenvalue weighted by molar-refractivity contribution is 7.90. The predicted octanol–water partition coefficient (Wildman–Crippen LogP) is 5.03. The Kier molecular flexibility index (Phi) is 5.29. The number of ketones is 1. The van der Waals surface area contributed by atoms with E-state index in [2.05, 4.69) is 0 Å². The van der Waals surface area contributed by atoms with Gasteiger partial charge in [0.2, 0.25) is 0 Å². The van der Waals surface area contributed by atoms with Gasteiger partial charge in [-0.1, -0.05) is 12.1 Å². The first-order chi connectivity index (χ1) is 13.1. The zero-order valence-corrected chi connectivity index (χ0v) is 15.9. The first-order valence-electron chi connectivity index (χ1n) is 8.23. The van der Waals surface area contributed by atoms with Crippen LogP contribution in [-0.4, -0.2) is 20.5 Å². The Morgan fingerprint density at radius 1 is 0.893 bits per heavy atom. The lowest BCUT2D eigenvalue weighted by molar-refractivity contribution is 0.101. The fraction of sp³-hybridized carbons (Fsp3) is 0.0952. The maximum Gasteiger partial charge on any atom is 0.175 e. The molecule has 28 heavy (non-hydrogen) atoms. The van der Waals surface area contributed by atoms with E-state index in [9.17, 15) is 22.0 Å². The Bertz CT molecular complexity index is 1150. The molecule has 0 fully saturated rings. The summed E-state index contributed by atoms with van der Waals surface area (Å²) >= 11 is 0. The molecule has 0 aliphatic heterocycles. The lowest BCUT2D eigenvalue weighted by Crippen LogP contribution is -1.98. The molecule has 3 rings (SSSR count). The highest BCUT2D eigenvalue weighted by Crippen LogP contribution is 2.36. The SMILES string of the molecule is CC(=O)c1ccc(Oc2ccc(F)cc2F)c(-c2ccc(S(C)(=O)=O)cc2)c1. The molecule has 0 spiro atoms. The van der Waals surface area contributed by atoms with Gasteiger partial charge in [0.25, 0.3) is 0 Å². The van der Waals surface area contributed by atoms with Gasteiger partial charge >= 0.3 is 0 Å². The molecular weight excluding hydrogens is 386 g/mol. The summed E-state index contributed by atoms with van der Waals surface area (Å²) in [5.41, 5.74) is 1.46. The second kappa shape index (κ2) is 7.52. The van der Waals surface area contributed by atoms with Crippen molar-refractivity contribution < 1.29 is 26.7 Å². The summed E-state index contributed by atoms with van der Waals surface area (Å²) in [7, 11) is -3.36. The Hall–Kier alpha value is -3.06. The van der Waals surface area contributed by atoms with Crippen LogP contribution in [0.1, 0.15) is 17.3 Å². The van der Waals surface area contributed by atoms with E-state index < -0.39 is 21.5 Å². The first-order valence-corrected chi connectivity index (χ1v) is 10.1. The van der Waals surface area contributed by atoms with Crippen molar-refractivity contribution in [1.82, 2.24) is 0 Å². The van der Waals surface area contributed by atoms with Crippen molar-refractivity contribution in [2.45, 2.75) is 11.8 Å². The van der Waals surface area contributed by atoms with Crippen LogP contribution in [0.3, 0.4) is 0 Å². The minimum absolute atomic E-state index is 0.144. The minimum Gasteiger partial charge on any atom is -0.454 e. The Morgan fingerprint density at radius 3 is 2.11 bits per heavy atom. The number of benzene rings is 3. The van der Waals surface area contributed by atoms with Gasteiger partial charge in [-0.15, -0.1) is 0 Å². The van der Waals surface area contributed by atoms with E-state index in [0.717, 1.165) is 12.3 Å². The molecule has 144 valence electrons. The minimum atomic E-state index is -3.36. The molecule has 3 aromatic rings. The van der Waals surface area contributed by atoms with Crippen LogP contribution in [0.25, 0.3) is 11.1 Å². The molecule has 0 radical (unpaired) electrons. The van der Waals surface area contributed by atoms with Gasteiger partial charge < -0.3 is 4.74 Å². The molecule has 0 N–H and O–H groups in total. The molecule has 4 nitrogen and oxygen atoms in total. The quantitative estimate of drug-likeness (QED) is 0.562. The molecule has 7 heteroatoms. The number of Topliss-reactive ketones (excluding diaryl/α,β-unsaturated/α-hetero) is 1. The van der Waals surface area contributed by atoms with Crippen LogP contribution in [0, 0.1) is 11.6 Å². The fourth-order valence-electron chi connectivity index (χ4n) is 2.62. The van der Waals surface area contributed by atoms with Crippen molar-refractivity contribution in [2.24, 2.45) is 0 Å². The van der Waals surface area contributed by atoms with Crippen LogP contribution in [0.2, 0.25) is 0 Å². The lowest BCUT2D eigenvalue weighted by atomic mass is 10.0. The molecule has 0 saturated heterocycles. The van der Waals surface area contributed by atoms with Crippen molar-refractivity contribution in [1.29, 1.82) is 0 Å². The van der Waals surface area contributed by atoms with E-state index in [1.165, 1.54) is 37.3 Å². The van der Waals surface area contributed by atoms with Gasteiger partial charge in [-0.3, -0.25) is 4.79 Å². The van der Waals surface area contributed by atoms with Crippen LogP contribution in [0.5, 0.6) is 11.5 Å². The second-order valence-electron chi connectivity index (χ2n) is 6.24. The standard InChI is InChI=1S/C21H16F2O4S/c1-13(24)15-5-9-20(27-21-10-6-16(22)12-19(21)23)18(11-15)14-3-7-17(8-4-14)28(2,25)26/h3-12H,1-2H3. The molecule has 0 saturated carbocycles. The zero-order valence-electron chi connectivity index (χ0n) is 15.1. The smallest absolute Gasteiger partial charge is 0.175 e. The number of ether oxygens (including phenoxy) is 1. The van der Waals surface area contributed by atoms with Crippen molar-refractivity contribution in [3.8, 4) is 22.6 Å². The first kappa shape index (κ1) is 19.7. The van der Waals surface area contributed by atoms with Crippen molar-refractivity contribution in [2.75, 3.05) is 6.26 Å². The number of rotatable bonds is 5. The van der Waals surface area contributed by atoms with Gasteiger partial charge in [-0.25, -0.2) is 17.2 Å². The van der Waals surface area contributed by atoms with Crippen LogP contribution < -0.4 is 4.74 Å². The van der Waals surface area contributed by atoms with Gasteiger partial charge in [0.1, 0.15) is 11.6 Å².